The molecule has 2 aliphatic rings. The summed E-state index contributed by atoms with van der Waals surface area (Å²) in [5.74, 6) is 1.45. The summed E-state index contributed by atoms with van der Waals surface area (Å²) >= 11 is 0. The highest BCUT2D eigenvalue weighted by Gasteiger charge is 2.28. The van der Waals surface area contributed by atoms with E-state index < -0.39 is 5.60 Å². The SMILES string of the molecule is CCNC(=NCCC1CCCN(C(=O)OC(C)(C)C)C1)N1CCCC(CC(N)=O)C1. The van der Waals surface area contributed by atoms with E-state index in [2.05, 4.69) is 17.1 Å². The zero-order valence-electron chi connectivity index (χ0n) is 19.3. The molecule has 2 saturated heterocycles. The maximum absolute atomic E-state index is 12.4. The lowest BCUT2D eigenvalue weighted by Gasteiger charge is -2.35. The Morgan fingerprint density at radius 3 is 2.37 bits per heavy atom. The Labute approximate surface area is 181 Å². The van der Waals surface area contributed by atoms with Gasteiger partial charge in [-0.15, -0.1) is 0 Å². The van der Waals surface area contributed by atoms with E-state index in [4.69, 9.17) is 15.5 Å². The number of nitrogens with two attached hydrogens (primary N) is 1. The molecule has 0 saturated carbocycles. The van der Waals surface area contributed by atoms with Gasteiger partial charge in [-0.05, 0) is 71.6 Å². The molecule has 0 bridgehead atoms. The molecular weight excluding hydrogens is 382 g/mol. The van der Waals surface area contributed by atoms with Crippen LogP contribution in [0.4, 0.5) is 4.79 Å². The summed E-state index contributed by atoms with van der Waals surface area (Å²) in [6.07, 6.45) is 5.41. The van der Waals surface area contributed by atoms with Crippen molar-refractivity contribution in [2.45, 2.75) is 71.8 Å². The van der Waals surface area contributed by atoms with Crippen LogP contribution in [-0.2, 0) is 9.53 Å². The fourth-order valence-electron chi connectivity index (χ4n) is 4.28. The maximum Gasteiger partial charge on any atom is 0.410 e. The molecule has 8 nitrogen and oxygen atoms in total. The van der Waals surface area contributed by atoms with Crippen LogP contribution in [0.25, 0.3) is 0 Å². The van der Waals surface area contributed by atoms with Gasteiger partial charge in [0.25, 0.3) is 0 Å². The normalized spacial score (nSPS) is 23.3. The number of ether oxygens (including phenoxy) is 1. The predicted octanol–water partition coefficient (Wildman–Crippen LogP) is 2.58. The third kappa shape index (κ3) is 8.40. The Hall–Kier alpha value is -1.99. The van der Waals surface area contributed by atoms with Crippen molar-refractivity contribution in [3.8, 4) is 0 Å². The van der Waals surface area contributed by atoms with Gasteiger partial charge in [0.1, 0.15) is 5.60 Å². The molecule has 2 atom stereocenters. The van der Waals surface area contributed by atoms with Gasteiger partial charge in [-0.2, -0.15) is 0 Å². The summed E-state index contributed by atoms with van der Waals surface area (Å²) in [6, 6.07) is 0. The molecule has 2 fully saturated rings. The fourth-order valence-corrected chi connectivity index (χ4v) is 4.28. The summed E-state index contributed by atoms with van der Waals surface area (Å²) in [5, 5.41) is 3.39. The van der Waals surface area contributed by atoms with Crippen LogP contribution in [0.3, 0.4) is 0 Å². The largest absolute Gasteiger partial charge is 0.444 e. The van der Waals surface area contributed by atoms with Gasteiger partial charge in [0.05, 0.1) is 0 Å². The Balaban J connectivity index is 1.87. The van der Waals surface area contributed by atoms with Crippen molar-refractivity contribution < 1.29 is 14.3 Å². The number of nitrogens with zero attached hydrogens (tertiary/aromatic N) is 3. The molecule has 2 aliphatic heterocycles. The molecule has 2 heterocycles. The van der Waals surface area contributed by atoms with Crippen LogP contribution < -0.4 is 11.1 Å². The number of carbonyl (C=O) groups excluding carboxylic acids is 2. The standard InChI is InChI=1S/C22H41N5O3/c1-5-24-20(26-12-7-9-18(16-26)14-19(23)28)25-11-10-17-8-6-13-27(15-17)21(29)30-22(2,3)4/h17-18H,5-16H2,1-4H3,(H2,23,28)(H,24,25). The van der Waals surface area contributed by atoms with Gasteiger partial charge in [-0.1, -0.05) is 0 Å². The number of hydrogen-bond acceptors (Lipinski definition) is 4. The minimum Gasteiger partial charge on any atom is -0.444 e. The Morgan fingerprint density at radius 2 is 1.73 bits per heavy atom. The molecule has 0 aliphatic carbocycles. The van der Waals surface area contributed by atoms with Gasteiger partial charge in [0.2, 0.25) is 5.91 Å². The average Bonchev–Trinajstić information content (AvgIpc) is 2.66. The van der Waals surface area contributed by atoms with Gasteiger partial charge in [0.15, 0.2) is 5.96 Å². The summed E-state index contributed by atoms with van der Waals surface area (Å²) < 4.78 is 5.53. The molecular formula is C22H41N5O3. The van der Waals surface area contributed by atoms with Crippen molar-refractivity contribution in [2.75, 3.05) is 39.3 Å². The summed E-state index contributed by atoms with van der Waals surface area (Å²) in [6.45, 7) is 12.6. The van der Waals surface area contributed by atoms with E-state index in [0.717, 1.165) is 77.3 Å². The number of aliphatic imine (C=N–C) groups is 1. The maximum atomic E-state index is 12.4. The van der Waals surface area contributed by atoms with E-state index in [9.17, 15) is 9.59 Å². The van der Waals surface area contributed by atoms with Gasteiger partial charge in [-0.3, -0.25) is 9.79 Å². The number of primary amides is 1. The van der Waals surface area contributed by atoms with Gasteiger partial charge < -0.3 is 25.6 Å². The van der Waals surface area contributed by atoms with Crippen molar-refractivity contribution in [2.24, 2.45) is 22.6 Å². The minimum atomic E-state index is -0.462. The first-order valence-corrected chi connectivity index (χ1v) is 11.5. The first-order valence-electron chi connectivity index (χ1n) is 11.5. The third-order valence-corrected chi connectivity index (χ3v) is 5.61. The van der Waals surface area contributed by atoms with Gasteiger partial charge in [0, 0.05) is 45.7 Å². The molecule has 0 aromatic carbocycles. The highest BCUT2D eigenvalue weighted by Crippen LogP contribution is 2.22. The van der Waals surface area contributed by atoms with Crippen LogP contribution in [0.15, 0.2) is 4.99 Å². The summed E-state index contributed by atoms with van der Waals surface area (Å²) in [4.78, 5) is 32.6. The molecule has 0 aromatic rings. The zero-order chi connectivity index (χ0) is 22.1. The second-order valence-corrected chi connectivity index (χ2v) is 9.58. The van der Waals surface area contributed by atoms with E-state index in [-0.39, 0.29) is 12.0 Å². The zero-order valence-corrected chi connectivity index (χ0v) is 19.3. The second kappa shape index (κ2) is 11.4. The van der Waals surface area contributed by atoms with Crippen LogP contribution in [0.5, 0.6) is 0 Å². The number of guanidine groups is 1. The van der Waals surface area contributed by atoms with Crippen LogP contribution in [-0.4, -0.2) is 72.6 Å². The van der Waals surface area contributed by atoms with Gasteiger partial charge in [-0.25, -0.2) is 4.79 Å². The minimum absolute atomic E-state index is 0.210. The lowest BCUT2D eigenvalue weighted by atomic mass is 9.94. The van der Waals surface area contributed by atoms with E-state index in [0.29, 0.717) is 18.3 Å². The molecule has 2 unspecified atom stereocenters. The Morgan fingerprint density at radius 1 is 1.10 bits per heavy atom. The molecule has 8 heteroatoms. The van der Waals surface area contributed by atoms with Crippen LogP contribution >= 0.6 is 0 Å². The van der Waals surface area contributed by atoms with Crippen molar-refractivity contribution in [3.05, 3.63) is 0 Å². The van der Waals surface area contributed by atoms with Crippen molar-refractivity contribution in [1.82, 2.24) is 15.1 Å². The van der Waals surface area contributed by atoms with Crippen molar-refractivity contribution in [3.63, 3.8) is 0 Å². The second-order valence-electron chi connectivity index (χ2n) is 9.58. The number of hydrogen-bond donors (Lipinski definition) is 2. The molecule has 2 amide bonds. The van der Waals surface area contributed by atoms with Crippen LogP contribution in [0, 0.1) is 11.8 Å². The smallest absolute Gasteiger partial charge is 0.410 e. The first kappa shape index (κ1) is 24.3. The lowest BCUT2D eigenvalue weighted by Crippen LogP contribution is -2.47. The first-order chi connectivity index (χ1) is 14.2. The Kier molecular flexibility index (Phi) is 9.24. The quantitative estimate of drug-likeness (QED) is 0.505. The average molecular weight is 424 g/mol. The summed E-state index contributed by atoms with van der Waals surface area (Å²) in [5.41, 5.74) is 4.93. The molecule has 0 spiro atoms. The van der Waals surface area contributed by atoms with E-state index in [1.165, 1.54) is 0 Å². The number of piperidine rings is 2. The third-order valence-electron chi connectivity index (χ3n) is 5.61. The van der Waals surface area contributed by atoms with E-state index >= 15 is 0 Å². The fraction of sp³-hybridized carbons (Fsp3) is 0.864. The van der Waals surface area contributed by atoms with Crippen LogP contribution in [0.1, 0.15) is 66.2 Å². The molecule has 0 radical (unpaired) electrons. The summed E-state index contributed by atoms with van der Waals surface area (Å²) in [7, 11) is 0. The van der Waals surface area contributed by atoms with Gasteiger partial charge >= 0.3 is 6.09 Å². The monoisotopic (exact) mass is 423 g/mol. The molecule has 30 heavy (non-hydrogen) atoms. The number of amides is 2. The molecule has 0 aromatic heterocycles. The van der Waals surface area contributed by atoms with Crippen LogP contribution in [0.2, 0.25) is 0 Å². The Bertz CT molecular complexity index is 602. The molecule has 2 rings (SSSR count). The molecule has 3 N–H and O–H groups in total. The highest BCUT2D eigenvalue weighted by atomic mass is 16.6. The van der Waals surface area contributed by atoms with E-state index in [1.807, 2.05) is 25.7 Å². The number of likely N-dealkylation sites (tertiary alicyclic amines) is 2. The van der Waals surface area contributed by atoms with Crippen molar-refractivity contribution >= 4 is 18.0 Å². The highest BCUT2D eigenvalue weighted by molar-refractivity contribution is 5.80. The predicted molar refractivity (Wildman–Crippen MR) is 119 cm³/mol. The molecule has 172 valence electrons. The number of carbonyl (C=O) groups is 2. The topological polar surface area (TPSA) is 100 Å². The van der Waals surface area contributed by atoms with Crippen molar-refractivity contribution in [1.29, 1.82) is 0 Å². The number of rotatable bonds is 6. The number of nitrogens with one attached hydrogen (secondary N) is 1. The van der Waals surface area contributed by atoms with E-state index in [1.54, 1.807) is 0 Å². The lowest BCUT2D eigenvalue weighted by molar-refractivity contribution is -0.119.